The van der Waals surface area contributed by atoms with E-state index < -0.39 is 21.9 Å². The van der Waals surface area contributed by atoms with E-state index in [9.17, 15) is 21.6 Å². The van der Waals surface area contributed by atoms with Gasteiger partial charge in [-0.05, 0) is 19.8 Å². The number of nitrogens with zero attached hydrogens (tertiary/aromatic N) is 5. The van der Waals surface area contributed by atoms with Gasteiger partial charge in [-0.3, -0.25) is 4.68 Å². The van der Waals surface area contributed by atoms with Gasteiger partial charge in [0.15, 0.2) is 0 Å². The van der Waals surface area contributed by atoms with Gasteiger partial charge < -0.3 is 4.90 Å². The van der Waals surface area contributed by atoms with Crippen molar-refractivity contribution in [2.24, 2.45) is 7.05 Å². The van der Waals surface area contributed by atoms with E-state index in [0.717, 1.165) is 6.07 Å². The molecule has 27 heavy (non-hydrogen) atoms. The Hall–Kier alpha value is -2.21. The van der Waals surface area contributed by atoms with E-state index in [1.165, 1.54) is 24.0 Å². The Kier molecular flexibility index (Phi) is 5.12. The lowest BCUT2D eigenvalue weighted by Gasteiger charge is -2.33. The second-order valence-corrected chi connectivity index (χ2v) is 8.10. The van der Waals surface area contributed by atoms with E-state index in [-0.39, 0.29) is 22.6 Å². The van der Waals surface area contributed by atoms with E-state index in [2.05, 4.69) is 19.8 Å². The summed E-state index contributed by atoms with van der Waals surface area (Å²) < 4.78 is 67.5. The van der Waals surface area contributed by atoms with Crippen molar-refractivity contribution < 1.29 is 21.6 Å². The number of piperidine rings is 1. The van der Waals surface area contributed by atoms with Crippen molar-refractivity contribution in [1.82, 2.24) is 24.5 Å². The number of nitrogens with one attached hydrogen (secondary N) is 1. The number of sulfonamides is 1. The number of hydrogen-bond acceptors (Lipinski definition) is 6. The first-order valence-electron chi connectivity index (χ1n) is 8.23. The number of aromatic nitrogens is 4. The van der Waals surface area contributed by atoms with Crippen LogP contribution in [0, 0.1) is 6.92 Å². The van der Waals surface area contributed by atoms with Gasteiger partial charge in [0.05, 0.1) is 6.20 Å². The number of hydrogen-bond donors (Lipinski definition) is 1. The molecule has 0 bridgehead atoms. The monoisotopic (exact) mass is 404 g/mol. The summed E-state index contributed by atoms with van der Waals surface area (Å²) in [7, 11) is -2.06. The van der Waals surface area contributed by atoms with Crippen LogP contribution in [0.1, 0.15) is 24.4 Å². The molecule has 2 aromatic heterocycles. The van der Waals surface area contributed by atoms with Gasteiger partial charge in [-0.2, -0.15) is 18.3 Å². The van der Waals surface area contributed by atoms with Crippen molar-refractivity contribution in [3.05, 3.63) is 30.0 Å². The molecule has 3 rings (SSSR count). The Balaban J connectivity index is 1.66. The van der Waals surface area contributed by atoms with Crippen LogP contribution in [0.2, 0.25) is 0 Å². The van der Waals surface area contributed by atoms with Crippen LogP contribution >= 0.6 is 0 Å². The summed E-state index contributed by atoms with van der Waals surface area (Å²) in [6, 6.07) is 0.615. The molecule has 0 radical (unpaired) electrons. The summed E-state index contributed by atoms with van der Waals surface area (Å²) in [5.41, 5.74) is -0.982. The number of alkyl halides is 3. The second kappa shape index (κ2) is 7.08. The lowest BCUT2D eigenvalue weighted by atomic mass is 10.1. The fraction of sp³-hybridized carbons (Fsp3) is 0.533. The van der Waals surface area contributed by atoms with Gasteiger partial charge in [0.25, 0.3) is 0 Å². The average Bonchev–Trinajstić information content (AvgIpc) is 3.01. The predicted molar refractivity (Wildman–Crippen MR) is 90.5 cm³/mol. The first-order valence-corrected chi connectivity index (χ1v) is 9.72. The zero-order chi connectivity index (χ0) is 19.8. The third kappa shape index (κ3) is 4.56. The minimum atomic E-state index is -4.54. The van der Waals surface area contributed by atoms with E-state index in [4.69, 9.17) is 0 Å². The summed E-state index contributed by atoms with van der Waals surface area (Å²) in [5, 5.41) is 3.85. The van der Waals surface area contributed by atoms with Gasteiger partial charge in [-0.1, -0.05) is 0 Å². The summed E-state index contributed by atoms with van der Waals surface area (Å²) in [6.07, 6.45) is -0.979. The molecule has 0 aromatic carbocycles. The zero-order valence-corrected chi connectivity index (χ0v) is 15.5. The van der Waals surface area contributed by atoms with Crippen LogP contribution in [0.3, 0.4) is 0 Å². The van der Waals surface area contributed by atoms with Gasteiger partial charge in [0, 0.05) is 38.4 Å². The summed E-state index contributed by atoms with van der Waals surface area (Å²) in [6.45, 7) is 2.18. The maximum Gasteiger partial charge on any atom is 0.433 e. The van der Waals surface area contributed by atoms with Gasteiger partial charge in [-0.25, -0.2) is 23.1 Å². The second-order valence-electron chi connectivity index (χ2n) is 6.39. The molecule has 0 saturated carbocycles. The molecular weight excluding hydrogens is 385 g/mol. The number of rotatable bonds is 4. The van der Waals surface area contributed by atoms with Crippen LogP contribution in [-0.2, 0) is 23.2 Å². The molecule has 0 spiro atoms. The minimum absolute atomic E-state index is 0.0410. The molecule has 1 saturated heterocycles. The highest BCUT2D eigenvalue weighted by Gasteiger charge is 2.34. The van der Waals surface area contributed by atoms with Gasteiger partial charge in [0.1, 0.15) is 22.2 Å². The SMILES string of the molecule is Cc1nc(N2CCC(NS(=O)(=O)c3cnn(C)c3)CC2)cc(C(F)(F)F)n1. The van der Waals surface area contributed by atoms with Crippen molar-refractivity contribution in [3.8, 4) is 0 Å². The average molecular weight is 404 g/mol. The first-order chi connectivity index (χ1) is 12.5. The molecule has 0 amide bonds. The van der Waals surface area contributed by atoms with Crippen LogP contribution in [0.4, 0.5) is 19.0 Å². The summed E-state index contributed by atoms with van der Waals surface area (Å²) >= 11 is 0. The molecule has 8 nitrogen and oxygen atoms in total. The molecule has 148 valence electrons. The van der Waals surface area contributed by atoms with Crippen molar-refractivity contribution in [2.45, 2.75) is 36.9 Å². The van der Waals surface area contributed by atoms with E-state index in [1.54, 1.807) is 11.9 Å². The number of halogens is 3. The maximum absolute atomic E-state index is 12.9. The van der Waals surface area contributed by atoms with Gasteiger partial charge >= 0.3 is 6.18 Å². The Bertz CT molecular complexity index is 920. The Morgan fingerprint density at radius 1 is 1.22 bits per heavy atom. The zero-order valence-electron chi connectivity index (χ0n) is 14.7. The molecule has 1 fully saturated rings. The predicted octanol–water partition coefficient (Wildman–Crippen LogP) is 1.48. The molecule has 0 atom stereocenters. The third-order valence-electron chi connectivity index (χ3n) is 4.25. The first kappa shape index (κ1) is 19.5. The molecule has 0 aliphatic carbocycles. The van der Waals surface area contributed by atoms with Crippen LogP contribution in [0.5, 0.6) is 0 Å². The summed E-state index contributed by atoms with van der Waals surface area (Å²) in [4.78, 5) is 9.31. The number of aryl methyl sites for hydroxylation is 2. The number of anilines is 1. The smallest absolute Gasteiger partial charge is 0.356 e. The Morgan fingerprint density at radius 2 is 1.89 bits per heavy atom. The minimum Gasteiger partial charge on any atom is -0.356 e. The summed E-state index contributed by atoms with van der Waals surface area (Å²) in [5.74, 6) is 0.239. The Morgan fingerprint density at radius 3 is 2.44 bits per heavy atom. The standard InChI is InChI=1S/C15H19F3N6O2S/c1-10-20-13(15(16,17)18)7-14(21-10)24-5-3-11(4-6-24)22-27(25,26)12-8-19-23(2)9-12/h7-9,11,22H,3-6H2,1-2H3. The quantitative estimate of drug-likeness (QED) is 0.830. The fourth-order valence-corrected chi connectivity index (χ4v) is 4.20. The van der Waals surface area contributed by atoms with Crippen LogP contribution in [0.15, 0.2) is 23.4 Å². The largest absolute Gasteiger partial charge is 0.433 e. The molecule has 1 N–H and O–H groups in total. The molecule has 1 aliphatic heterocycles. The van der Waals surface area contributed by atoms with Crippen molar-refractivity contribution in [1.29, 1.82) is 0 Å². The molecule has 1 aliphatic rings. The fourth-order valence-electron chi connectivity index (χ4n) is 2.91. The van der Waals surface area contributed by atoms with Crippen LogP contribution in [0.25, 0.3) is 0 Å². The normalized spacial score (nSPS) is 16.7. The highest BCUT2D eigenvalue weighted by atomic mass is 32.2. The van der Waals surface area contributed by atoms with Gasteiger partial charge in [0.2, 0.25) is 10.0 Å². The molecule has 2 aromatic rings. The van der Waals surface area contributed by atoms with Crippen molar-refractivity contribution >= 4 is 15.8 Å². The van der Waals surface area contributed by atoms with E-state index in [1.807, 2.05) is 0 Å². The lowest BCUT2D eigenvalue weighted by molar-refractivity contribution is -0.141. The molecular formula is C15H19F3N6O2S. The van der Waals surface area contributed by atoms with E-state index in [0.29, 0.717) is 25.9 Å². The molecule has 3 heterocycles. The Labute approximate surface area is 154 Å². The highest BCUT2D eigenvalue weighted by Crippen LogP contribution is 2.30. The molecule has 12 heteroatoms. The molecule has 0 unspecified atom stereocenters. The maximum atomic E-state index is 12.9. The van der Waals surface area contributed by atoms with Crippen LogP contribution < -0.4 is 9.62 Å². The van der Waals surface area contributed by atoms with Gasteiger partial charge in [-0.15, -0.1) is 0 Å². The van der Waals surface area contributed by atoms with E-state index >= 15 is 0 Å². The van der Waals surface area contributed by atoms with Crippen molar-refractivity contribution in [3.63, 3.8) is 0 Å². The third-order valence-corrected chi connectivity index (χ3v) is 5.72. The lowest BCUT2D eigenvalue weighted by Crippen LogP contribution is -2.45. The highest BCUT2D eigenvalue weighted by molar-refractivity contribution is 7.89. The van der Waals surface area contributed by atoms with Crippen molar-refractivity contribution in [2.75, 3.05) is 18.0 Å². The van der Waals surface area contributed by atoms with Crippen LogP contribution in [-0.4, -0.2) is 47.3 Å². The topological polar surface area (TPSA) is 93.0 Å².